The van der Waals surface area contributed by atoms with Gasteiger partial charge in [-0.15, -0.1) is 0 Å². The number of hydrogen-bond donors (Lipinski definition) is 1. The Morgan fingerprint density at radius 1 is 0.889 bits per heavy atom. The molecule has 0 aliphatic carbocycles. The van der Waals surface area contributed by atoms with E-state index in [0.717, 1.165) is 10.8 Å². The van der Waals surface area contributed by atoms with Crippen molar-refractivity contribution in [2.75, 3.05) is 7.11 Å². The summed E-state index contributed by atoms with van der Waals surface area (Å²) in [6, 6.07) is 27.5. The number of methoxy groups -OCH3 is 1. The van der Waals surface area contributed by atoms with E-state index in [9.17, 15) is 19.7 Å². The zero-order chi connectivity index (χ0) is 25.3. The lowest BCUT2D eigenvalue weighted by atomic mass is 9.89. The summed E-state index contributed by atoms with van der Waals surface area (Å²) in [6.07, 6.45) is 1.62. The van der Waals surface area contributed by atoms with E-state index in [1.807, 2.05) is 42.5 Å². The maximum atomic E-state index is 13.9. The van der Waals surface area contributed by atoms with Gasteiger partial charge in [0, 0.05) is 23.3 Å². The number of rotatable bonds is 6. The molecule has 1 heterocycles. The predicted octanol–water partition coefficient (Wildman–Crippen LogP) is 5.27. The third-order valence-electron chi connectivity index (χ3n) is 6.50. The van der Waals surface area contributed by atoms with E-state index in [0.29, 0.717) is 22.3 Å². The molecule has 7 nitrogen and oxygen atoms in total. The smallest absolute Gasteiger partial charge is 0.334 e. The minimum Gasteiger partial charge on any atom is -0.467 e. The molecule has 2 atom stereocenters. The molecule has 5 rings (SSSR count). The number of ether oxygens (including phenoxy) is 1. The fraction of sp³-hybridized carbons (Fsp3) is 0.103. The highest BCUT2D eigenvalue weighted by molar-refractivity contribution is 6.12. The summed E-state index contributed by atoms with van der Waals surface area (Å²) in [4.78, 5) is 37.8. The number of nitro benzene ring substituents is 1. The van der Waals surface area contributed by atoms with Gasteiger partial charge in [0.1, 0.15) is 0 Å². The molecule has 0 saturated carbocycles. The van der Waals surface area contributed by atoms with E-state index in [4.69, 9.17) is 4.74 Å². The standard InChI is InChI=1S/C29H22N2O5/c1-36-28(33)29(23-9-3-2-4-10-23)18-25(26(30-29)20-13-15-24(16-14-20)31(34)35)27(32)22-12-11-19-7-5-6-8-21(19)17-22/h2-18,26,30H,1H3/t26-,29-/m0/s1. The number of esters is 1. The molecule has 0 saturated heterocycles. The summed E-state index contributed by atoms with van der Waals surface area (Å²) < 4.78 is 5.17. The van der Waals surface area contributed by atoms with Crippen LogP contribution in [-0.4, -0.2) is 23.8 Å². The van der Waals surface area contributed by atoms with E-state index in [2.05, 4.69) is 5.32 Å². The Balaban J connectivity index is 1.66. The second-order valence-corrected chi connectivity index (χ2v) is 8.58. The zero-order valence-electron chi connectivity index (χ0n) is 19.4. The van der Waals surface area contributed by atoms with Crippen LogP contribution >= 0.6 is 0 Å². The third kappa shape index (κ3) is 3.95. The van der Waals surface area contributed by atoms with E-state index >= 15 is 0 Å². The third-order valence-corrected chi connectivity index (χ3v) is 6.50. The Kier molecular flexibility index (Phi) is 5.91. The Morgan fingerprint density at radius 3 is 2.22 bits per heavy atom. The monoisotopic (exact) mass is 478 g/mol. The van der Waals surface area contributed by atoms with E-state index in [1.165, 1.54) is 19.2 Å². The number of fused-ring (bicyclic) bond motifs is 1. The number of Topliss-reactive ketones (excluding diaryl/α,β-unsaturated/α-hetero) is 1. The Labute approximate surface area is 207 Å². The number of nitro groups is 1. The largest absolute Gasteiger partial charge is 0.467 e. The summed E-state index contributed by atoms with van der Waals surface area (Å²) in [5.74, 6) is -0.819. The normalized spacial score (nSPS) is 19.0. The number of hydrogen-bond acceptors (Lipinski definition) is 6. The lowest BCUT2D eigenvalue weighted by Crippen LogP contribution is -2.46. The number of carbonyl (C=O) groups is 2. The first-order valence-corrected chi connectivity index (χ1v) is 11.4. The van der Waals surface area contributed by atoms with Gasteiger partial charge < -0.3 is 4.74 Å². The fourth-order valence-corrected chi connectivity index (χ4v) is 4.67. The van der Waals surface area contributed by atoms with Crippen molar-refractivity contribution in [1.29, 1.82) is 0 Å². The molecule has 7 heteroatoms. The SMILES string of the molecule is COC(=O)[C@@]1(c2ccccc2)C=C(C(=O)c2ccc3ccccc3c2)[C@H](c2ccc([N+](=O)[O-])cc2)N1. The minimum absolute atomic E-state index is 0.0644. The summed E-state index contributed by atoms with van der Waals surface area (Å²) in [5.41, 5.74) is 0.582. The molecule has 0 bridgehead atoms. The van der Waals surface area contributed by atoms with Crippen LogP contribution in [0.3, 0.4) is 0 Å². The maximum absolute atomic E-state index is 13.9. The van der Waals surface area contributed by atoms with Crippen LogP contribution in [0.4, 0.5) is 5.69 Å². The molecule has 36 heavy (non-hydrogen) atoms. The summed E-state index contributed by atoms with van der Waals surface area (Å²) in [6.45, 7) is 0. The Morgan fingerprint density at radius 2 is 1.56 bits per heavy atom. The number of non-ortho nitro benzene ring substituents is 1. The van der Waals surface area contributed by atoms with Crippen LogP contribution < -0.4 is 5.32 Å². The average Bonchev–Trinajstić information content (AvgIpc) is 3.34. The molecule has 0 radical (unpaired) electrons. The fourth-order valence-electron chi connectivity index (χ4n) is 4.67. The molecule has 0 amide bonds. The lowest BCUT2D eigenvalue weighted by molar-refractivity contribution is -0.384. The van der Waals surface area contributed by atoms with Crippen molar-refractivity contribution >= 4 is 28.2 Å². The number of nitrogens with zero attached hydrogens (tertiary/aromatic N) is 1. The first-order valence-electron chi connectivity index (χ1n) is 11.4. The number of benzene rings is 4. The quantitative estimate of drug-likeness (QED) is 0.175. The van der Waals surface area contributed by atoms with Crippen molar-refractivity contribution < 1.29 is 19.2 Å². The van der Waals surface area contributed by atoms with Gasteiger partial charge in [-0.3, -0.25) is 20.2 Å². The molecular weight excluding hydrogens is 456 g/mol. The zero-order valence-corrected chi connectivity index (χ0v) is 19.4. The molecule has 0 fully saturated rings. The summed E-state index contributed by atoms with van der Waals surface area (Å²) >= 11 is 0. The molecule has 4 aromatic carbocycles. The number of nitrogens with one attached hydrogen (secondary N) is 1. The van der Waals surface area contributed by atoms with Crippen molar-refractivity contribution in [3.05, 3.63) is 136 Å². The van der Waals surface area contributed by atoms with E-state index in [-0.39, 0.29) is 11.5 Å². The lowest BCUT2D eigenvalue weighted by Gasteiger charge is -2.28. The molecule has 178 valence electrons. The van der Waals surface area contributed by atoms with Crippen LogP contribution in [0.15, 0.2) is 109 Å². The highest BCUT2D eigenvalue weighted by Gasteiger charge is 2.48. The topological polar surface area (TPSA) is 98.5 Å². The second-order valence-electron chi connectivity index (χ2n) is 8.58. The Bertz CT molecular complexity index is 1510. The predicted molar refractivity (Wildman–Crippen MR) is 135 cm³/mol. The molecule has 1 aliphatic rings. The van der Waals surface area contributed by atoms with Crippen molar-refractivity contribution in [3.8, 4) is 0 Å². The van der Waals surface area contributed by atoms with Gasteiger partial charge in [-0.2, -0.15) is 0 Å². The van der Waals surface area contributed by atoms with Crippen molar-refractivity contribution in [1.82, 2.24) is 5.32 Å². The molecule has 1 aliphatic heterocycles. The van der Waals surface area contributed by atoms with Crippen LogP contribution in [0.25, 0.3) is 10.8 Å². The van der Waals surface area contributed by atoms with Gasteiger partial charge in [0.15, 0.2) is 11.3 Å². The molecule has 0 unspecified atom stereocenters. The van der Waals surface area contributed by atoms with Gasteiger partial charge in [-0.25, -0.2) is 4.79 Å². The van der Waals surface area contributed by atoms with Crippen molar-refractivity contribution in [3.63, 3.8) is 0 Å². The van der Waals surface area contributed by atoms with Gasteiger partial charge in [-0.1, -0.05) is 78.9 Å². The minimum atomic E-state index is -1.41. The second kappa shape index (κ2) is 9.20. The van der Waals surface area contributed by atoms with Crippen LogP contribution in [0.2, 0.25) is 0 Å². The first-order chi connectivity index (χ1) is 17.4. The van der Waals surface area contributed by atoms with Gasteiger partial charge in [0.05, 0.1) is 18.1 Å². The van der Waals surface area contributed by atoms with Crippen LogP contribution in [-0.2, 0) is 15.1 Å². The highest BCUT2D eigenvalue weighted by Crippen LogP contribution is 2.41. The molecule has 0 spiro atoms. The number of ketones is 1. The van der Waals surface area contributed by atoms with Crippen LogP contribution in [0.5, 0.6) is 0 Å². The summed E-state index contributed by atoms with van der Waals surface area (Å²) in [7, 11) is 1.30. The molecule has 0 aromatic heterocycles. The Hall–Kier alpha value is -4.62. The van der Waals surface area contributed by atoms with Gasteiger partial charge >= 0.3 is 5.97 Å². The van der Waals surface area contributed by atoms with Crippen LogP contribution in [0.1, 0.15) is 27.5 Å². The first kappa shape index (κ1) is 23.1. The van der Waals surface area contributed by atoms with E-state index in [1.54, 1.807) is 48.5 Å². The average molecular weight is 479 g/mol. The van der Waals surface area contributed by atoms with Crippen molar-refractivity contribution in [2.45, 2.75) is 11.6 Å². The van der Waals surface area contributed by atoms with Crippen molar-refractivity contribution in [2.24, 2.45) is 0 Å². The van der Waals surface area contributed by atoms with Crippen LogP contribution in [0, 0.1) is 10.1 Å². The van der Waals surface area contributed by atoms with Gasteiger partial charge in [-0.05, 0) is 34.0 Å². The van der Waals surface area contributed by atoms with Gasteiger partial charge in [0.2, 0.25) is 0 Å². The summed E-state index contributed by atoms with van der Waals surface area (Å²) in [5, 5.41) is 16.4. The highest BCUT2D eigenvalue weighted by atomic mass is 16.6. The molecule has 4 aromatic rings. The molecule has 1 N–H and O–H groups in total. The number of carbonyl (C=O) groups excluding carboxylic acids is 2. The van der Waals surface area contributed by atoms with Gasteiger partial charge in [0.25, 0.3) is 5.69 Å². The molecular formula is C29H22N2O5. The maximum Gasteiger partial charge on any atom is 0.334 e. The van der Waals surface area contributed by atoms with E-state index < -0.39 is 22.5 Å².